The quantitative estimate of drug-likeness (QED) is 0.922. The zero-order valence-electron chi connectivity index (χ0n) is 13.8. The number of halogens is 1. The highest BCUT2D eigenvalue weighted by Gasteiger charge is 2.51. The number of hydrogen-bond acceptors (Lipinski definition) is 2. The van der Waals surface area contributed by atoms with Crippen molar-refractivity contribution in [3.63, 3.8) is 0 Å². The number of rotatable bonds is 5. The highest BCUT2D eigenvalue weighted by atomic mass is 19.1. The highest BCUT2D eigenvalue weighted by Crippen LogP contribution is 2.48. The van der Waals surface area contributed by atoms with E-state index in [1.807, 2.05) is 31.5 Å². The van der Waals surface area contributed by atoms with Gasteiger partial charge in [0.2, 0.25) is 5.91 Å². The summed E-state index contributed by atoms with van der Waals surface area (Å²) >= 11 is 0. The number of hydrogen-bond donors (Lipinski definition) is 1. The standard InChI is InChI=1S/C18H22FN3O/c1-12-10-14(3)22(21-12)11-13(2)20-17(23)18(8-9-18)15-4-6-16(19)7-5-15/h4-7,10,13H,8-9,11H2,1-3H3,(H,20,23)/t13-/m1/s1. The summed E-state index contributed by atoms with van der Waals surface area (Å²) in [4.78, 5) is 12.7. The van der Waals surface area contributed by atoms with Gasteiger partial charge in [0.05, 0.1) is 17.7 Å². The monoisotopic (exact) mass is 315 g/mol. The summed E-state index contributed by atoms with van der Waals surface area (Å²) in [7, 11) is 0. The number of nitrogens with one attached hydrogen (secondary N) is 1. The maximum absolute atomic E-state index is 13.1. The Morgan fingerprint density at radius 1 is 1.35 bits per heavy atom. The average molecular weight is 315 g/mol. The maximum Gasteiger partial charge on any atom is 0.230 e. The predicted molar refractivity (Wildman–Crippen MR) is 86.6 cm³/mol. The molecular formula is C18H22FN3O. The normalized spacial score (nSPS) is 16.9. The van der Waals surface area contributed by atoms with Crippen LogP contribution in [0.25, 0.3) is 0 Å². The van der Waals surface area contributed by atoms with Gasteiger partial charge in [0.1, 0.15) is 5.82 Å². The third-order valence-electron chi connectivity index (χ3n) is 4.51. The van der Waals surface area contributed by atoms with Crippen molar-refractivity contribution < 1.29 is 9.18 Å². The minimum atomic E-state index is -0.475. The van der Waals surface area contributed by atoms with Crippen molar-refractivity contribution in [1.82, 2.24) is 15.1 Å². The first-order chi connectivity index (χ1) is 10.9. The number of carbonyl (C=O) groups excluding carboxylic acids is 1. The fourth-order valence-corrected chi connectivity index (χ4v) is 3.07. The van der Waals surface area contributed by atoms with Crippen LogP contribution in [0.15, 0.2) is 30.3 Å². The van der Waals surface area contributed by atoms with Crippen molar-refractivity contribution >= 4 is 5.91 Å². The van der Waals surface area contributed by atoms with Gasteiger partial charge in [-0.15, -0.1) is 0 Å². The van der Waals surface area contributed by atoms with Crippen LogP contribution in [0.2, 0.25) is 0 Å². The van der Waals surface area contributed by atoms with Crippen LogP contribution in [-0.4, -0.2) is 21.7 Å². The van der Waals surface area contributed by atoms with E-state index in [9.17, 15) is 9.18 Å². The smallest absolute Gasteiger partial charge is 0.230 e. The topological polar surface area (TPSA) is 46.9 Å². The molecule has 1 N–H and O–H groups in total. The van der Waals surface area contributed by atoms with E-state index in [0.717, 1.165) is 29.8 Å². The second-order valence-corrected chi connectivity index (χ2v) is 6.57. The van der Waals surface area contributed by atoms with Gasteiger partial charge >= 0.3 is 0 Å². The Labute approximate surface area is 135 Å². The van der Waals surface area contributed by atoms with Gasteiger partial charge in [-0.1, -0.05) is 12.1 Å². The van der Waals surface area contributed by atoms with Crippen molar-refractivity contribution in [2.75, 3.05) is 0 Å². The second kappa shape index (κ2) is 5.80. The summed E-state index contributed by atoms with van der Waals surface area (Å²) in [5.41, 5.74) is 2.49. The number of carbonyl (C=O) groups is 1. The van der Waals surface area contributed by atoms with Crippen LogP contribution in [0.3, 0.4) is 0 Å². The number of aromatic nitrogens is 2. The molecule has 1 atom stereocenters. The molecule has 23 heavy (non-hydrogen) atoms. The molecule has 4 nitrogen and oxygen atoms in total. The van der Waals surface area contributed by atoms with E-state index in [1.165, 1.54) is 12.1 Å². The molecule has 0 radical (unpaired) electrons. The Balaban J connectivity index is 1.66. The Kier molecular flexibility index (Phi) is 3.96. The first-order valence-electron chi connectivity index (χ1n) is 7.99. The fourth-order valence-electron chi connectivity index (χ4n) is 3.07. The first-order valence-corrected chi connectivity index (χ1v) is 7.99. The fraction of sp³-hybridized carbons (Fsp3) is 0.444. The van der Waals surface area contributed by atoms with Crippen LogP contribution >= 0.6 is 0 Å². The lowest BCUT2D eigenvalue weighted by atomic mass is 9.94. The van der Waals surface area contributed by atoms with Crippen molar-refractivity contribution in [2.45, 2.75) is 51.6 Å². The Bertz CT molecular complexity index is 716. The third kappa shape index (κ3) is 3.14. The van der Waals surface area contributed by atoms with E-state index in [4.69, 9.17) is 0 Å². The number of benzene rings is 1. The molecule has 2 aromatic rings. The van der Waals surface area contributed by atoms with Crippen molar-refractivity contribution in [1.29, 1.82) is 0 Å². The van der Waals surface area contributed by atoms with Crippen LogP contribution in [0.4, 0.5) is 4.39 Å². The van der Waals surface area contributed by atoms with E-state index in [-0.39, 0.29) is 17.8 Å². The van der Waals surface area contributed by atoms with Crippen LogP contribution in [0.1, 0.15) is 36.7 Å². The molecule has 0 bridgehead atoms. The van der Waals surface area contributed by atoms with Gasteiger partial charge in [0.15, 0.2) is 0 Å². The van der Waals surface area contributed by atoms with E-state index >= 15 is 0 Å². The SMILES string of the molecule is Cc1cc(C)n(C[C@@H](C)NC(=O)C2(c3ccc(F)cc3)CC2)n1. The van der Waals surface area contributed by atoms with Gasteiger partial charge in [-0.3, -0.25) is 9.48 Å². The molecule has 1 aromatic heterocycles. The minimum Gasteiger partial charge on any atom is -0.351 e. The summed E-state index contributed by atoms with van der Waals surface area (Å²) in [6.45, 7) is 6.59. The van der Waals surface area contributed by atoms with E-state index < -0.39 is 5.41 Å². The first kappa shape index (κ1) is 15.7. The van der Waals surface area contributed by atoms with Crippen LogP contribution in [0.5, 0.6) is 0 Å². The maximum atomic E-state index is 13.1. The number of aryl methyl sites for hydroxylation is 2. The molecule has 1 aliphatic rings. The predicted octanol–water partition coefficient (Wildman–Crippen LogP) is 2.88. The lowest BCUT2D eigenvalue weighted by Crippen LogP contribution is -2.42. The van der Waals surface area contributed by atoms with E-state index in [0.29, 0.717) is 6.54 Å². The van der Waals surface area contributed by atoms with Crippen molar-refractivity contribution in [3.05, 3.63) is 53.1 Å². The van der Waals surface area contributed by atoms with E-state index in [2.05, 4.69) is 10.4 Å². The van der Waals surface area contributed by atoms with Gasteiger partial charge in [0, 0.05) is 11.7 Å². The van der Waals surface area contributed by atoms with Crippen LogP contribution < -0.4 is 5.32 Å². The summed E-state index contributed by atoms with van der Waals surface area (Å²) in [6.07, 6.45) is 1.63. The lowest BCUT2D eigenvalue weighted by Gasteiger charge is -2.20. The van der Waals surface area contributed by atoms with Gasteiger partial charge in [-0.2, -0.15) is 5.10 Å². The molecule has 5 heteroatoms. The molecule has 3 rings (SSSR count). The zero-order chi connectivity index (χ0) is 16.6. The Morgan fingerprint density at radius 3 is 2.52 bits per heavy atom. The minimum absolute atomic E-state index is 0.0153. The van der Waals surface area contributed by atoms with Crippen LogP contribution in [0, 0.1) is 19.7 Å². The molecule has 0 spiro atoms. The van der Waals surface area contributed by atoms with Gasteiger partial charge in [0.25, 0.3) is 0 Å². The van der Waals surface area contributed by atoms with Gasteiger partial charge in [-0.05, 0) is 57.4 Å². The van der Waals surface area contributed by atoms with Crippen molar-refractivity contribution in [2.24, 2.45) is 0 Å². The average Bonchev–Trinajstić information content (AvgIpc) is 3.23. The molecule has 1 aliphatic carbocycles. The molecule has 122 valence electrons. The summed E-state index contributed by atoms with van der Waals surface area (Å²) < 4.78 is 15.0. The summed E-state index contributed by atoms with van der Waals surface area (Å²) in [5.74, 6) is -0.249. The molecule has 0 saturated heterocycles. The van der Waals surface area contributed by atoms with Crippen molar-refractivity contribution in [3.8, 4) is 0 Å². The second-order valence-electron chi connectivity index (χ2n) is 6.57. The van der Waals surface area contributed by atoms with Crippen LogP contribution in [-0.2, 0) is 16.8 Å². The zero-order valence-corrected chi connectivity index (χ0v) is 13.8. The molecular weight excluding hydrogens is 293 g/mol. The number of nitrogens with zero attached hydrogens (tertiary/aromatic N) is 2. The Morgan fingerprint density at radius 2 is 2.00 bits per heavy atom. The molecule has 1 fully saturated rings. The summed E-state index contributed by atoms with van der Waals surface area (Å²) in [6, 6.07) is 8.28. The summed E-state index contributed by atoms with van der Waals surface area (Å²) in [5, 5.41) is 7.51. The lowest BCUT2D eigenvalue weighted by molar-refractivity contribution is -0.124. The van der Waals surface area contributed by atoms with Gasteiger partial charge in [-0.25, -0.2) is 4.39 Å². The molecule has 0 unspecified atom stereocenters. The largest absolute Gasteiger partial charge is 0.351 e. The molecule has 0 aliphatic heterocycles. The van der Waals surface area contributed by atoms with Gasteiger partial charge < -0.3 is 5.32 Å². The number of amides is 1. The molecule has 1 heterocycles. The molecule has 1 saturated carbocycles. The molecule has 1 aromatic carbocycles. The molecule has 1 amide bonds. The van der Waals surface area contributed by atoms with E-state index in [1.54, 1.807) is 12.1 Å². The third-order valence-corrected chi connectivity index (χ3v) is 4.51. The highest BCUT2D eigenvalue weighted by molar-refractivity contribution is 5.91. The Hall–Kier alpha value is -2.17.